The molecule has 1 fully saturated rings. The minimum Gasteiger partial charge on any atom is -0.381 e. The van der Waals surface area contributed by atoms with E-state index in [4.69, 9.17) is 0 Å². The molecule has 0 amide bonds. The number of nitrogens with one attached hydrogen (secondary N) is 1. The van der Waals surface area contributed by atoms with Crippen molar-refractivity contribution in [1.29, 1.82) is 0 Å². The molecule has 2 unspecified atom stereocenters. The summed E-state index contributed by atoms with van der Waals surface area (Å²) in [5.74, 6) is 0.726. The van der Waals surface area contributed by atoms with Crippen molar-refractivity contribution in [3.05, 3.63) is 27.1 Å². The van der Waals surface area contributed by atoms with Crippen LogP contribution >= 0.6 is 31.9 Å². The molecule has 0 bridgehead atoms. The zero-order chi connectivity index (χ0) is 13.3. The SMILES string of the molecule is CC1CC(C)(C)CCC1Nc1ccc(Br)cc1Br. The molecule has 18 heavy (non-hydrogen) atoms. The number of rotatable bonds is 2. The van der Waals surface area contributed by atoms with E-state index in [-0.39, 0.29) is 0 Å². The topological polar surface area (TPSA) is 12.0 Å². The molecule has 1 N–H and O–H groups in total. The van der Waals surface area contributed by atoms with Gasteiger partial charge in [0.05, 0.1) is 0 Å². The van der Waals surface area contributed by atoms with Gasteiger partial charge < -0.3 is 5.32 Å². The van der Waals surface area contributed by atoms with Crippen LogP contribution in [0.5, 0.6) is 0 Å². The van der Waals surface area contributed by atoms with Crippen LogP contribution in [0.2, 0.25) is 0 Å². The summed E-state index contributed by atoms with van der Waals surface area (Å²) in [4.78, 5) is 0. The van der Waals surface area contributed by atoms with Crippen LogP contribution in [0.1, 0.15) is 40.0 Å². The monoisotopic (exact) mass is 373 g/mol. The van der Waals surface area contributed by atoms with Gasteiger partial charge in [0.2, 0.25) is 0 Å². The Balaban J connectivity index is 2.06. The van der Waals surface area contributed by atoms with Gasteiger partial charge in [0.25, 0.3) is 0 Å². The molecule has 1 saturated carbocycles. The van der Waals surface area contributed by atoms with Gasteiger partial charge >= 0.3 is 0 Å². The van der Waals surface area contributed by atoms with Gasteiger partial charge in [-0.05, 0) is 64.7 Å². The lowest BCUT2D eigenvalue weighted by Gasteiger charge is -2.40. The summed E-state index contributed by atoms with van der Waals surface area (Å²) in [5.41, 5.74) is 1.71. The molecule has 1 aliphatic carbocycles. The third kappa shape index (κ3) is 3.51. The number of hydrogen-bond donors (Lipinski definition) is 1. The fourth-order valence-corrected chi connectivity index (χ4v) is 4.13. The second kappa shape index (κ2) is 5.54. The van der Waals surface area contributed by atoms with E-state index in [1.54, 1.807) is 0 Å². The first kappa shape index (κ1) is 14.4. The average molecular weight is 375 g/mol. The van der Waals surface area contributed by atoms with E-state index >= 15 is 0 Å². The van der Waals surface area contributed by atoms with Crippen LogP contribution < -0.4 is 5.32 Å². The Morgan fingerprint density at radius 3 is 2.61 bits per heavy atom. The van der Waals surface area contributed by atoms with E-state index in [2.05, 4.69) is 76.1 Å². The molecule has 0 aliphatic heterocycles. The van der Waals surface area contributed by atoms with Crippen molar-refractivity contribution in [1.82, 2.24) is 0 Å². The quantitative estimate of drug-likeness (QED) is 0.685. The molecular weight excluding hydrogens is 354 g/mol. The molecule has 0 radical (unpaired) electrons. The van der Waals surface area contributed by atoms with Gasteiger partial charge in [-0.1, -0.05) is 36.7 Å². The van der Waals surface area contributed by atoms with Crippen molar-refractivity contribution in [3.8, 4) is 0 Å². The Morgan fingerprint density at radius 2 is 2.00 bits per heavy atom. The fraction of sp³-hybridized carbons (Fsp3) is 0.600. The lowest BCUT2D eigenvalue weighted by Crippen LogP contribution is -2.36. The summed E-state index contributed by atoms with van der Waals surface area (Å²) in [5, 5.41) is 3.70. The molecule has 100 valence electrons. The molecule has 3 heteroatoms. The predicted molar refractivity (Wildman–Crippen MR) is 86.0 cm³/mol. The highest BCUT2D eigenvalue weighted by molar-refractivity contribution is 9.11. The van der Waals surface area contributed by atoms with Crippen molar-refractivity contribution in [3.63, 3.8) is 0 Å². The molecular formula is C15H21Br2N. The second-order valence-corrected chi connectivity index (χ2v) is 8.03. The highest BCUT2D eigenvalue weighted by atomic mass is 79.9. The Morgan fingerprint density at radius 1 is 1.28 bits per heavy atom. The summed E-state index contributed by atoms with van der Waals surface area (Å²) >= 11 is 7.11. The average Bonchev–Trinajstić information content (AvgIpc) is 2.24. The molecule has 1 aromatic rings. The molecule has 0 heterocycles. The lowest BCUT2D eigenvalue weighted by atomic mass is 9.70. The summed E-state index contributed by atoms with van der Waals surface area (Å²) in [7, 11) is 0. The van der Waals surface area contributed by atoms with Crippen LogP contribution in [0.15, 0.2) is 27.1 Å². The van der Waals surface area contributed by atoms with Crippen molar-refractivity contribution in [2.45, 2.75) is 46.1 Å². The van der Waals surface area contributed by atoms with Crippen molar-refractivity contribution in [2.75, 3.05) is 5.32 Å². The van der Waals surface area contributed by atoms with E-state index in [9.17, 15) is 0 Å². The molecule has 1 aromatic carbocycles. The molecule has 0 spiro atoms. The van der Waals surface area contributed by atoms with Gasteiger partial charge in [-0.2, -0.15) is 0 Å². The zero-order valence-corrected chi connectivity index (χ0v) is 14.4. The Bertz CT molecular complexity index is 429. The minimum absolute atomic E-state index is 0.508. The van der Waals surface area contributed by atoms with Crippen LogP contribution in [0.4, 0.5) is 5.69 Å². The Kier molecular flexibility index (Phi) is 4.43. The predicted octanol–water partition coefficient (Wildman–Crippen LogP) is 5.84. The first-order valence-corrected chi connectivity index (χ1v) is 8.17. The Hall–Kier alpha value is -0.0200. The number of halogens is 2. The largest absolute Gasteiger partial charge is 0.381 e. The van der Waals surface area contributed by atoms with Crippen LogP contribution in [0.25, 0.3) is 0 Å². The van der Waals surface area contributed by atoms with Crippen LogP contribution in [0.3, 0.4) is 0 Å². The van der Waals surface area contributed by atoms with Gasteiger partial charge in [-0.25, -0.2) is 0 Å². The lowest BCUT2D eigenvalue weighted by molar-refractivity contribution is 0.177. The maximum atomic E-state index is 3.70. The first-order chi connectivity index (χ1) is 8.37. The number of hydrogen-bond acceptors (Lipinski definition) is 1. The molecule has 2 atom stereocenters. The smallest absolute Gasteiger partial charge is 0.0487 e. The van der Waals surface area contributed by atoms with Gasteiger partial charge in [0.1, 0.15) is 0 Å². The van der Waals surface area contributed by atoms with Gasteiger partial charge in [0, 0.05) is 20.7 Å². The highest BCUT2D eigenvalue weighted by Gasteiger charge is 2.32. The van der Waals surface area contributed by atoms with Crippen LogP contribution in [-0.2, 0) is 0 Å². The maximum absolute atomic E-state index is 3.70. The third-order valence-corrected chi connectivity index (χ3v) is 5.11. The van der Waals surface area contributed by atoms with E-state index in [0.29, 0.717) is 11.5 Å². The molecule has 2 rings (SSSR count). The van der Waals surface area contributed by atoms with Gasteiger partial charge in [-0.15, -0.1) is 0 Å². The van der Waals surface area contributed by atoms with Crippen molar-refractivity contribution >= 4 is 37.5 Å². The summed E-state index contributed by atoms with van der Waals surface area (Å²) in [6.45, 7) is 7.13. The normalized spacial score (nSPS) is 26.9. The van der Waals surface area contributed by atoms with E-state index < -0.39 is 0 Å². The van der Waals surface area contributed by atoms with E-state index in [0.717, 1.165) is 14.9 Å². The summed E-state index contributed by atoms with van der Waals surface area (Å²) < 4.78 is 2.24. The highest BCUT2D eigenvalue weighted by Crippen LogP contribution is 2.40. The zero-order valence-electron chi connectivity index (χ0n) is 11.3. The number of anilines is 1. The van der Waals surface area contributed by atoms with Crippen LogP contribution in [0, 0.1) is 11.3 Å². The summed E-state index contributed by atoms with van der Waals surface area (Å²) in [6, 6.07) is 6.92. The fourth-order valence-electron chi connectivity index (χ4n) is 2.97. The number of benzene rings is 1. The van der Waals surface area contributed by atoms with E-state index in [1.807, 2.05) is 0 Å². The van der Waals surface area contributed by atoms with Crippen molar-refractivity contribution < 1.29 is 0 Å². The molecule has 1 nitrogen and oxygen atoms in total. The van der Waals surface area contributed by atoms with Crippen molar-refractivity contribution in [2.24, 2.45) is 11.3 Å². The molecule has 0 saturated heterocycles. The van der Waals surface area contributed by atoms with Gasteiger partial charge in [-0.3, -0.25) is 0 Å². The van der Waals surface area contributed by atoms with Gasteiger partial charge in [0.15, 0.2) is 0 Å². The first-order valence-electron chi connectivity index (χ1n) is 6.59. The third-order valence-electron chi connectivity index (χ3n) is 3.97. The minimum atomic E-state index is 0.508. The second-order valence-electron chi connectivity index (χ2n) is 6.26. The Labute approximate surface area is 127 Å². The molecule has 1 aliphatic rings. The molecule has 0 aromatic heterocycles. The van der Waals surface area contributed by atoms with Crippen LogP contribution in [-0.4, -0.2) is 6.04 Å². The van der Waals surface area contributed by atoms with E-state index in [1.165, 1.54) is 24.9 Å². The summed E-state index contributed by atoms with van der Waals surface area (Å²) in [6.07, 6.45) is 3.87. The maximum Gasteiger partial charge on any atom is 0.0487 e. The standard InChI is InChI=1S/C15H21Br2N/c1-10-9-15(2,3)7-6-13(10)18-14-5-4-11(16)8-12(14)17/h4-5,8,10,13,18H,6-7,9H2,1-3H3.